The van der Waals surface area contributed by atoms with E-state index in [9.17, 15) is 14.4 Å². The van der Waals surface area contributed by atoms with Crippen molar-refractivity contribution in [3.8, 4) is 0 Å². The zero-order valence-corrected chi connectivity index (χ0v) is 14.1. The molecule has 1 saturated heterocycles. The highest BCUT2D eigenvalue weighted by Crippen LogP contribution is 2.29. The average molecular weight is 343 g/mol. The summed E-state index contributed by atoms with van der Waals surface area (Å²) in [6, 6.07) is 9.25. The zero-order chi connectivity index (χ0) is 17.1. The van der Waals surface area contributed by atoms with Crippen molar-refractivity contribution >= 4 is 39.9 Å². The van der Waals surface area contributed by atoms with Crippen molar-refractivity contribution in [2.24, 2.45) is 0 Å². The number of likely N-dealkylation sites (tertiary alicyclic amines) is 1. The highest BCUT2D eigenvalue weighted by atomic mass is 32.1. The predicted molar refractivity (Wildman–Crippen MR) is 91.0 cm³/mol. The number of benzene rings is 1. The second-order valence-electron chi connectivity index (χ2n) is 5.53. The van der Waals surface area contributed by atoms with Crippen LogP contribution in [0.5, 0.6) is 0 Å². The van der Waals surface area contributed by atoms with Crippen LogP contribution in [0.4, 0.5) is 10.8 Å². The third-order valence-electron chi connectivity index (χ3n) is 3.77. The number of thiazole rings is 1. The highest BCUT2D eigenvalue weighted by Gasteiger charge is 2.30. The molecule has 0 saturated carbocycles. The summed E-state index contributed by atoms with van der Waals surface area (Å²) in [6.07, 6.45) is 0.549. The van der Waals surface area contributed by atoms with Crippen molar-refractivity contribution in [1.82, 2.24) is 9.88 Å². The molecule has 7 heteroatoms. The first-order valence-corrected chi connectivity index (χ1v) is 8.57. The molecule has 6 nitrogen and oxygen atoms in total. The lowest BCUT2D eigenvalue weighted by Gasteiger charge is -2.21. The fraction of sp³-hybridized carbons (Fsp3) is 0.294. The standard InChI is InChI=1S/C17H17N3O3S/c1-12-11-24-17(18-12)20(13-5-3-2-4-6-13)16(23)9-10-19-14(21)7-8-15(19)22/h2-6,11H,7-10H2,1H3. The molecule has 1 fully saturated rings. The lowest BCUT2D eigenvalue weighted by Crippen LogP contribution is -2.34. The van der Waals surface area contributed by atoms with Gasteiger partial charge in [-0.05, 0) is 19.1 Å². The van der Waals surface area contributed by atoms with Crippen molar-refractivity contribution in [2.45, 2.75) is 26.2 Å². The second kappa shape index (κ2) is 6.92. The smallest absolute Gasteiger partial charge is 0.235 e. The van der Waals surface area contributed by atoms with Crippen LogP contribution < -0.4 is 4.90 Å². The van der Waals surface area contributed by atoms with Crippen LogP contribution in [0.15, 0.2) is 35.7 Å². The number of aromatic nitrogens is 1. The summed E-state index contributed by atoms with van der Waals surface area (Å²) in [5.74, 6) is -0.601. The molecule has 0 bridgehead atoms. The Morgan fingerprint density at radius 3 is 2.46 bits per heavy atom. The summed E-state index contributed by atoms with van der Waals surface area (Å²) in [6.45, 7) is 1.99. The third-order valence-corrected chi connectivity index (χ3v) is 4.71. The molecule has 0 N–H and O–H groups in total. The van der Waals surface area contributed by atoms with Crippen LogP contribution in [0.25, 0.3) is 0 Å². The second-order valence-corrected chi connectivity index (χ2v) is 6.36. The van der Waals surface area contributed by atoms with Gasteiger partial charge in [0.15, 0.2) is 5.13 Å². The minimum Gasteiger partial charge on any atom is -0.282 e. The van der Waals surface area contributed by atoms with Crippen LogP contribution in [0.2, 0.25) is 0 Å². The Labute approximate surface area is 143 Å². The molecule has 0 spiro atoms. The van der Waals surface area contributed by atoms with E-state index in [1.165, 1.54) is 16.2 Å². The van der Waals surface area contributed by atoms with Crippen molar-refractivity contribution < 1.29 is 14.4 Å². The summed E-state index contributed by atoms with van der Waals surface area (Å²) in [4.78, 5) is 43.2. The lowest BCUT2D eigenvalue weighted by molar-refractivity contribution is -0.138. The zero-order valence-electron chi connectivity index (χ0n) is 13.3. The van der Waals surface area contributed by atoms with Gasteiger partial charge in [0.1, 0.15) is 0 Å². The molecule has 1 aromatic heterocycles. The van der Waals surface area contributed by atoms with E-state index in [1.807, 2.05) is 42.6 Å². The Hall–Kier alpha value is -2.54. The summed E-state index contributed by atoms with van der Waals surface area (Å²) >= 11 is 1.39. The van der Waals surface area contributed by atoms with Crippen LogP contribution in [0, 0.1) is 6.92 Å². The summed E-state index contributed by atoms with van der Waals surface area (Å²) in [7, 11) is 0. The first kappa shape index (κ1) is 16.3. The largest absolute Gasteiger partial charge is 0.282 e. The molecule has 3 rings (SSSR count). The van der Waals surface area contributed by atoms with Gasteiger partial charge >= 0.3 is 0 Å². The van der Waals surface area contributed by atoms with Gasteiger partial charge < -0.3 is 0 Å². The molecule has 1 aromatic carbocycles. The molecule has 2 heterocycles. The number of rotatable bonds is 5. The Bertz CT molecular complexity index is 756. The van der Waals surface area contributed by atoms with Crippen molar-refractivity contribution in [3.05, 3.63) is 41.4 Å². The Morgan fingerprint density at radius 2 is 1.88 bits per heavy atom. The summed E-state index contributed by atoms with van der Waals surface area (Å²) < 4.78 is 0. The number of hydrogen-bond acceptors (Lipinski definition) is 5. The molecule has 3 amide bonds. The molecule has 0 radical (unpaired) electrons. The van der Waals surface area contributed by atoms with E-state index < -0.39 is 0 Å². The monoisotopic (exact) mass is 343 g/mol. The third kappa shape index (κ3) is 3.35. The number of nitrogens with zero attached hydrogens (tertiary/aromatic N) is 3. The number of anilines is 2. The van der Waals surface area contributed by atoms with Gasteiger partial charge in [-0.2, -0.15) is 0 Å². The molecular formula is C17H17N3O3S. The molecule has 0 aliphatic carbocycles. The van der Waals surface area contributed by atoms with Crippen LogP contribution >= 0.6 is 11.3 Å². The topological polar surface area (TPSA) is 70.6 Å². The van der Waals surface area contributed by atoms with Crippen LogP contribution in [-0.2, 0) is 14.4 Å². The minimum atomic E-state index is -0.204. The molecule has 0 unspecified atom stereocenters. The maximum Gasteiger partial charge on any atom is 0.235 e. The van der Waals surface area contributed by atoms with Gasteiger partial charge in [-0.15, -0.1) is 11.3 Å². The Balaban J connectivity index is 1.79. The van der Waals surface area contributed by atoms with E-state index >= 15 is 0 Å². The Morgan fingerprint density at radius 1 is 1.21 bits per heavy atom. The molecule has 2 aromatic rings. The fourth-order valence-electron chi connectivity index (χ4n) is 2.57. The lowest BCUT2D eigenvalue weighted by atomic mass is 10.2. The first-order valence-electron chi connectivity index (χ1n) is 7.69. The molecule has 24 heavy (non-hydrogen) atoms. The van der Waals surface area contributed by atoms with E-state index in [-0.39, 0.29) is 43.5 Å². The number of carbonyl (C=O) groups excluding carboxylic acids is 3. The van der Waals surface area contributed by atoms with Crippen molar-refractivity contribution in [3.63, 3.8) is 0 Å². The number of para-hydroxylation sites is 1. The normalized spacial score (nSPS) is 14.3. The van der Waals surface area contributed by atoms with Gasteiger partial charge in [0.2, 0.25) is 17.7 Å². The van der Waals surface area contributed by atoms with Crippen LogP contribution in [-0.4, -0.2) is 34.2 Å². The maximum absolute atomic E-state index is 12.8. The summed E-state index contributed by atoms with van der Waals surface area (Å²) in [5.41, 5.74) is 1.56. The van der Waals surface area contributed by atoms with Crippen molar-refractivity contribution in [1.29, 1.82) is 0 Å². The number of amides is 3. The number of hydrogen-bond donors (Lipinski definition) is 0. The van der Waals surface area contributed by atoms with E-state index in [2.05, 4.69) is 4.98 Å². The predicted octanol–water partition coefficient (Wildman–Crippen LogP) is 2.66. The Kier molecular flexibility index (Phi) is 4.71. The number of carbonyl (C=O) groups is 3. The quantitative estimate of drug-likeness (QED) is 0.783. The van der Waals surface area contributed by atoms with E-state index in [0.717, 1.165) is 11.4 Å². The minimum absolute atomic E-state index is 0.0744. The highest BCUT2D eigenvalue weighted by molar-refractivity contribution is 7.14. The van der Waals surface area contributed by atoms with Crippen LogP contribution in [0.1, 0.15) is 25.0 Å². The van der Waals surface area contributed by atoms with E-state index in [4.69, 9.17) is 0 Å². The van der Waals surface area contributed by atoms with Crippen LogP contribution in [0.3, 0.4) is 0 Å². The first-order chi connectivity index (χ1) is 11.6. The SMILES string of the molecule is Cc1csc(N(C(=O)CCN2C(=O)CCC2=O)c2ccccc2)n1. The average Bonchev–Trinajstić information content (AvgIpc) is 3.13. The molecule has 1 aliphatic rings. The molecule has 124 valence electrons. The van der Waals surface area contributed by atoms with Crippen molar-refractivity contribution in [2.75, 3.05) is 11.4 Å². The van der Waals surface area contributed by atoms with Gasteiger partial charge in [0.05, 0.1) is 11.4 Å². The molecular weight excluding hydrogens is 326 g/mol. The van der Waals surface area contributed by atoms with E-state index in [0.29, 0.717) is 5.13 Å². The molecule has 0 atom stereocenters. The number of aryl methyl sites for hydroxylation is 1. The van der Waals surface area contributed by atoms with Gasteiger partial charge in [0, 0.05) is 31.2 Å². The summed E-state index contributed by atoms with van der Waals surface area (Å²) in [5, 5.41) is 2.47. The molecule has 1 aliphatic heterocycles. The maximum atomic E-state index is 12.8. The number of imide groups is 1. The van der Waals surface area contributed by atoms with E-state index in [1.54, 1.807) is 4.90 Å². The van der Waals surface area contributed by atoms with Gasteiger partial charge in [-0.3, -0.25) is 24.2 Å². The van der Waals surface area contributed by atoms with Gasteiger partial charge in [0.25, 0.3) is 0 Å². The van der Waals surface area contributed by atoms with Gasteiger partial charge in [-0.25, -0.2) is 4.98 Å². The fourth-order valence-corrected chi connectivity index (χ4v) is 3.41. The van der Waals surface area contributed by atoms with Gasteiger partial charge in [-0.1, -0.05) is 18.2 Å².